The maximum Gasteiger partial charge on any atom is 0.274 e. The van der Waals surface area contributed by atoms with Crippen molar-refractivity contribution in [2.24, 2.45) is 0 Å². The van der Waals surface area contributed by atoms with E-state index in [2.05, 4.69) is 10.3 Å². The van der Waals surface area contributed by atoms with Crippen LogP contribution < -0.4 is 10.1 Å². The van der Waals surface area contributed by atoms with Crippen molar-refractivity contribution in [2.45, 2.75) is 13.5 Å². The van der Waals surface area contributed by atoms with Gasteiger partial charge in [-0.25, -0.2) is 9.37 Å². The number of ether oxygens (including phenoxy) is 1. The number of halogens is 1. The Morgan fingerprint density at radius 2 is 2.19 bits per heavy atom. The fraction of sp³-hybridized carbons (Fsp3) is 0.214. The molecule has 1 aromatic carbocycles. The third-order valence-electron chi connectivity index (χ3n) is 2.75. The average Bonchev–Trinajstić information content (AvgIpc) is 2.46. The van der Waals surface area contributed by atoms with E-state index in [1.807, 2.05) is 6.92 Å². The van der Waals surface area contributed by atoms with Crippen LogP contribution >= 0.6 is 0 Å². The van der Waals surface area contributed by atoms with E-state index in [0.717, 1.165) is 18.2 Å². The van der Waals surface area contributed by atoms with Gasteiger partial charge in [0.25, 0.3) is 5.69 Å². The highest BCUT2D eigenvalue weighted by Crippen LogP contribution is 2.21. The molecule has 0 spiro atoms. The zero-order valence-corrected chi connectivity index (χ0v) is 11.4. The Labute approximate surface area is 120 Å². The highest BCUT2D eigenvalue weighted by molar-refractivity contribution is 5.46. The standard InChI is InChI=1S/C14H14FN3O3/c1-2-21-14-6-4-12(9-17-14)16-8-10-7-11(15)3-5-13(10)18(19)20/h3-7,9,16H,2,8H2,1H3. The first kappa shape index (κ1) is 14.7. The Morgan fingerprint density at radius 1 is 1.38 bits per heavy atom. The number of hydrogen-bond acceptors (Lipinski definition) is 5. The van der Waals surface area contributed by atoms with Gasteiger partial charge in [-0.1, -0.05) is 0 Å². The predicted molar refractivity (Wildman–Crippen MR) is 75.8 cm³/mol. The molecule has 0 aliphatic rings. The normalized spacial score (nSPS) is 10.2. The van der Waals surface area contributed by atoms with Crippen LogP contribution in [0.3, 0.4) is 0 Å². The van der Waals surface area contributed by atoms with Gasteiger partial charge < -0.3 is 10.1 Å². The molecule has 2 aromatic rings. The summed E-state index contributed by atoms with van der Waals surface area (Å²) in [6.07, 6.45) is 1.55. The summed E-state index contributed by atoms with van der Waals surface area (Å²) >= 11 is 0. The fourth-order valence-corrected chi connectivity index (χ4v) is 1.79. The minimum absolute atomic E-state index is 0.122. The number of benzene rings is 1. The molecule has 0 radical (unpaired) electrons. The molecule has 0 fully saturated rings. The average molecular weight is 291 g/mol. The van der Waals surface area contributed by atoms with Gasteiger partial charge in [0.1, 0.15) is 5.82 Å². The smallest absolute Gasteiger partial charge is 0.274 e. The molecule has 0 unspecified atom stereocenters. The van der Waals surface area contributed by atoms with Crippen LogP contribution in [0.5, 0.6) is 5.88 Å². The van der Waals surface area contributed by atoms with Gasteiger partial charge in [0, 0.05) is 18.7 Å². The summed E-state index contributed by atoms with van der Waals surface area (Å²) < 4.78 is 18.4. The van der Waals surface area contributed by atoms with Crippen LogP contribution in [-0.4, -0.2) is 16.5 Å². The number of hydrogen-bond donors (Lipinski definition) is 1. The van der Waals surface area contributed by atoms with Gasteiger partial charge >= 0.3 is 0 Å². The minimum atomic E-state index is -0.535. The van der Waals surface area contributed by atoms with Crippen molar-refractivity contribution in [3.8, 4) is 5.88 Å². The number of anilines is 1. The molecule has 1 heterocycles. The van der Waals surface area contributed by atoms with Gasteiger partial charge in [-0.3, -0.25) is 10.1 Å². The van der Waals surface area contributed by atoms with Crippen molar-refractivity contribution < 1.29 is 14.1 Å². The van der Waals surface area contributed by atoms with Crippen molar-refractivity contribution in [3.05, 3.63) is 58.0 Å². The molecule has 1 aromatic heterocycles. The van der Waals surface area contributed by atoms with Gasteiger partial charge in [-0.2, -0.15) is 0 Å². The zero-order chi connectivity index (χ0) is 15.2. The first-order valence-electron chi connectivity index (χ1n) is 6.35. The molecule has 1 N–H and O–H groups in total. The van der Waals surface area contributed by atoms with Gasteiger partial charge in [0.2, 0.25) is 5.88 Å². The number of rotatable bonds is 6. The van der Waals surface area contributed by atoms with Crippen LogP contribution in [-0.2, 0) is 6.54 Å². The summed E-state index contributed by atoms with van der Waals surface area (Å²) in [4.78, 5) is 14.4. The molecule has 0 saturated heterocycles. The van der Waals surface area contributed by atoms with Crippen LogP contribution in [0.2, 0.25) is 0 Å². The Kier molecular flexibility index (Phi) is 4.65. The Morgan fingerprint density at radius 3 is 2.81 bits per heavy atom. The Balaban J connectivity index is 2.08. The molecule has 0 aliphatic carbocycles. The van der Waals surface area contributed by atoms with Crippen LogP contribution in [0.25, 0.3) is 0 Å². The van der Waals surface area contributed by atoms with Crippen LogP contribution in [0, 0.1) is 15.9 Å². The molecule has 7 heteroatoms. The Bertz CT molecular complexity index is 632. The summed E-state index contributed by atoms with van der Waals surface area (Å²) in [7, 11) is 0. The van der Waals surface area contributed by atoms with Crippen molar-refractivity contribution in [3.63, 3.8) is 0 Å². The van der Waals surface area contributed by atoms with Gasteiger partial charge in [-0.05, 0) is 25.1 Å². The molecule has 0 saturated carbocycles. The lowest BCUT2D eigenvalue weighted by Crippen LogP contribution is -2.04. The second-order valence-electron chi connectivity index (χ2n) is 4.20. The lowest BCUT2D eigenvalue weighted by Gasteiger charge is -2.08. The Hall–Kier alpha value is -2.70. The van der Waals surface area contributed by atoms with E-state index >= 15 is 0 Å². The molecule has 0 amide bonds. The fourth-order valence-electron chi connectivity index (χ4n) is 1.79. The van der Waals surface area contributed by atoms with Crippen LogP contribution in [0.4, 0.5) is 15.8 Å². The third kappa shape index (κ3) is 3.88. The molecule has 6 nitrogen and oxygen atoms in total. The second-order valence-corrected chi connectivity index (χ2v) is 4.20. The van der Waals surface area contributed by atoms with Crippen molar-refractivity contribution in [1.29, 1.82) is 0 Å². The maximum atomic E-state index is 13.2. The summed E-state index contributed by atoms with van der Waals surface area (Å²) in [5.41, 5.74) is 0.814. The van der Waals surface area contributed by atoms with E-state index in [9.17, 15) is 14.5 Å². The number of nitro benzene ring substituents is 1. The van der Waals surface area contributed by atoms with Gasteiger partial charge in [0.05, 0.1) is 29.0 Å². The molecular formula is C14H14FN3O3. The third-order valence-corrected chi connectivity index (χ3v) is 2.75. The molecule has 21 heavy (non-hydrogen) atoms. The van der Waals surface area contributed by atoms with Gasteiger partial charge in [0.15, 0.2) is 0 Å². The van der Waals surface area contributed by atoms with E-state index in [-0.39, 0.29) is 17.8 Å². The molecule has 0 bridgehead atoms. The second kappa shape index (κ2) is 6.65. The molecule has 110 valence electrons. The van der Waals surface area contributed by atoms with E-state index < -0.39 is 10.7 Å². The van der Waals surface area contributed by atoms with Crippen molar-refractivity contribution in [1.82, 2.24) is 4.98 Å². The maximum absolute atomic E-state index is 13.2. The zero-order valence-electron chi connectivity index (χ0n) is 11.4. The van der Waals surface area contributed by atoms with Crippen molar-refractivity contribution in [2.75, 3.05) is 11.9 Å². The lowest BCUT2D eigenvalue weighted by atomic mass is 10.1. The van der Waals surface area contributed by atoms with Crippen LogP contribution in [0.15, 0.2) is 36.5 Å². The molecule has 0 aliphatic heterocycles. The number of pyridine rings is 1. The van der Waals surface area contributed by atoms with Crippen molar-refractivity contribution >= 4 is 11.4 Å². The van der Waals surface area contributed by atoms with E-state index in [0.29, 0.717) is 18.2 Å². The largest absolute Gasteiger partial charge is 0.478 e. The number of nitrogens with one attached hydrogen (secondary N) is 1. The first-order valence-corrected chi connectivity index (χ1v) is 6.35. The predicted octanol–water partition coefficient (Wildman–Crippen LogP) is 3.14. The highest BCUT2D eigenvalue weighted by atomic mass is 19.1. The topological polar surface area (TPSA) is 77.3 Å². The van der Waals surface area contributed by atoms with E-state index in [1.165, 1.54) is 0 Å². The van der Waals surface area contributed by atoms with E-state index in [4.69, 9.17) is 4.74 Å². The summed E-state index contributed by atoms with van der Waals surface area (Å²) in [6, 6.07) is 6.80. The summed E-state index contributed by atoms with van der Waals surface area (Å²) in [5.74, 6) is -0.0120. The quantitative estimate of drug-likeness (QED) is 0.653. The SMILES string of the molecule is CCOc1ccc(NCc2cc(F)ccc2[N+](=O)[O-])cn1. The van der Waals surface area contributed by atoms with E-state index in [1.54, 1.807) is 18.3 Å². The van der Waals surface area contributed by atoms with Gasteiger partial charge in [-0.15, -0.1) is 0 Å². The molecular weight excluding hydrogens is 277 g/mol. The summed E-state index contributed by atoms with van der Waals surface area (Å²) in [5, 5.41) is 13.9. The monoisotopic (exact) mass is 291 g/mol. The number of aromatic nitrogens is 1. The lowest BCUT2D eigenvalue weighted by molar-refractivity contribution is -0.385. The molecule has 0 atom stereocenters. The summed E-state index contributed by atoms with van der Waals surface area (Å²) in [6.45, 7) is 2.51. The number of nitrogens with zero attached hydrogens (tertiary/aromatic N) is 2. The minimum Gasteiger partial charge on any atom is -0.478 e. The number of nitro groups is 1. The highest BCUT2D eigenvalue weighted by Gasteiger charge is 2.14. The molecule has 2 rings (SSSR count). The first-order chi connectivity index (χ1) is 10.1. The van der Waals surface area contributed by atoms with Crippen LogP contribution in [0.1, 0.15) is 12.5 Å².